The van der Waals surface area contributed by atoms with Crippen molar-refractivity contribution in [3.05, 3.63) is 35.9 Å². The summed E-state index contributed by atoms with van der Waals surface area (Å²) in [5.74, 6) is -0.864. The summed E-state index contributed by atoms with van der Waals surface area (Å²) in [5.41, 5.74) is 0.398. The van der Waals surface area contributed by atoms with E-state index in [1.165, 1.54) is 71.1 Å². The van der Waals surface area contributed by atoms with Crippen LogP contribution in [0.4, 0.5) is 0 Å². The molecule has 0 bridgehead atoms. The highest BCUT2D eigenvalue weighted by atomic mass is 31.2. The van der Waals surface area contributed by atoms with Crippen LogP contribution in [0.15, 0.2) is 30.3 Å². The number of esters is 1. The van der Waals surface area contributed by atoms with E-state index < -0.39 is 25.9 Å². The summed E-state index contributed by atoms with van der Waals surface area (Å²) in [5, 5.41) is 2.73. The first-order chi connectivity index (χ1) is 18.8. The van der Waals surface area contributed by atoms with Gasteiger partial charge in [-0.3, -0.25) is 13.8 Å². The standard InChI is InChI=1S/C30H52NO7P/c1-4-6-7-8-9-10-11-12-13-14-15-16-20-23-29(38-30(33)27-21-18-17-19-22-27)28(31-26(3)32)25-37-39(34,35)36-24-5-2/h17-19,21-22,28-29H,4-16,20,23-25H2,1-3H3,(H,31,32)(H,34,35)/t28?,29-/m1/s1. The fourth-order valence-corrected chi connectivity index (χ4v) is 5.24. The van der Waals surface area contributed by atoms with Crippen molar-refractivity contribution in [2.45, 2.75) is 129 Å². The molecule has 0 saturated carbocycles. The first-order valence-corrected chi connectivity index (χ1v) is 16.4. The van der Waals surface area contributed by atoms with E-state index in [4.69, 9.17) is 13.8 Å². The molecule has 0 radical (unpaired) electrons. The lowest BCUT2D eigenvalue weighted by Gasteiger charge is -2.28. The lowest BCUT2D eigenvalue weighted by atomic mass is 10.0. The third-order valence-electron chi connectivity index (χ3n) is 6.57. The monoisotopic (exact) mass is 569 g/mol. The molecule has 224 valence electrons. The molecule has 1 amide bonds. The molecule has 8 nitrogen and oxygen atoms in total. The molecule has 0 aliphatic carbocycles. The van der Waals surface area contributed by atoms with Crippen LogP contribution in [0.3, 0.4) is 0 Å². The number of ether oxygens (including phenoxy) is 1. The maximum atomic E-state index is 12.8. The van der Waals surface area contributed by atoms with Gasteiger partial charge in [0.05, 0.1) is 24.8 Å². The largest absolute Gasteiger partial charge is 0.472 e. The molecule has 0 aliphatic heterocycles. The van der Waals surface area contributed by atoms with Crippen LogP contribution in [0.1, 0.15) is 127 Å². The molecule has 9 heteroatoms. The quantitative estimate of drug-likeness (QED) is 0.0744. The number of carbonyl (C=O) groups is 2. The number of nitrogens with one attached hydrogen (secondary N) is 1. The van der Waals surface area contributed by atoms with Crippen LogP contribution in [-0.2, 0) is 23.1 Å². The Morgan fingerprint density at radius 1 is 0.821 bits per heavy atom. The van der Waals surface area contributed by atoms with E-state index in [0.717, 1.165) is 19.3 Å². The second kappa shape index (κ2) is 22.0. The van der Waals surface area contributed by atoms with Crippen molar-refractivity contribution in [3.63, 3.8) is 0 Å². The minimum absolute atomic E-state index is 0.0734. The summed E-state index contributed by atoms with van der Waals surface area (Å²) >= 11 is 0. The molecule has 2 unspecified atom stereocenters. The van der Waals surface area contributed by atoms with Gasteiger partial charge in [0.25, 0.3) is 0 Å². The van der Waals surface area contributed by atoms with E-state index in [1.807, 2.05) is 13.0 Å². The molecule has 1 aromatic rings. The maximum Gasteiger partial charge on any atom is 0.472 e. The van der Waals surface area contributed by atoms with Crippen LogP contribution in [0.5, 0.6) is 0 Å². The normalized spacial score (nSPS) is 14.4. The molecule has 0 heterocycles. The molecule has 2 N–H and O–H groups in total. The van der Waals surface area contributed by atoms with Gasteiger partial charge in [-0.1, -0.05) is 109 Å². The number of phosphoric acid groups is 1. The number of amides is 1. The zero-order chi connectivity index (χ0) is 28.8. The maximum absolute atomic E-state index is 12.8. The van der Waals surface area contributed by atoms with E-state index in [1.54, 1.807) is 24.3 Å². The number of carbonyl (C=O) groups excluding carboxylic acids is 2. The van der Waals surface area contributed by atoms with Gasteiger partial charge in [-0.05, 0) is 31.4 Å². The molecule has 0 fully saturated rings. The van der Waals surface area contributed by atoms with Gasteiger partial charge < -0.3 is 14.9 Å². The van der Waals surface area contributed by atoms with Crippen molar-refractivity contribution >= 4 is 19.7 Å². The van der Waals surface area contributed by atoms with Crippen LogP contribution in [0, 0.1) is 0 Å². The summed E-state index contributed by atoms with van der Waals surface area (Å²) in [6, 6.07) is 7.84. The molecule has 0 aromatic heterocycles. The van der Waals surface area contributed by atoms with Gasteiger partial charge in [0, 0.05) is 6.92 Å². The van der Waals surface area contributed by atoms with Crippen LogP contribution >= 0.6 is 7.82 Å². The van der Waals surface area contributed by atoms with Crippen molar-refractivity contribution in [3.8, 4) is 0 Å². The fourth-order valence-electron chi connectivity index (χ4n) is 4.41. The van der Waals surface area contributed by atoms with E-state index in [9.17, 15) is 19.0 Å². The van der Waals surface area contributed by atoms with E-state index in [0.29, 0.717) is 18.4 Å². The zero-order valence-corrected chi connectivity index (χ0v) is 25.3. The highest BCUT2D eigenvalue weighted by Crippen LogP contribution is 2.43. The first kappa shape index (κ1) is 35.3. The molecule has 0 aliphatic rings. The molecular weight excluding hydrogens is 517 g/mol. The SMILES string of the molecule is CCCCCCCCCCCCCCC[C@@H](OC(=O)c1ccccc1)C(COP(=O)(O)OCCC)NC(C)=O. The predicted octanol–water partition coefficient (Wildman–Crippen LogP) is 7.74. The Morgan fingerprint density at radius 3 is 1.87 bits per heavy atom. The minimum Gasteiger partial charge on any atom is -0.456 e. The van der Waals surface area contributed by atoms with Crippen LogP contribution in [0.2, 0.25) is 0 Å². The summed E-state index contributed by atoms with van der Waals surface area (Å²) in [6.07, 6.45) is 16.2. The lowest BCUT2D eigenvalue weighted by molar-refractivity contribution is -0.121. The van der Waals surface area contributed by atoms with Crippen molar-refractivity contribution in [1.82, 2.24) is 5.32 Å². The molecule has 0 spiro atoms. The third-order valence-corrected chi connectivity index (χ3v) is 7.56. The Morgan fingerprint density at radius 2 is 1.36 bits per heavy atom. The Kier molecular flexibility index (Phi) is 19.9. The van der Waals surface area contributed by atoms with Gasteiger partial charge in [0.1, 0.15) is 6.10 Å². The molecule has 0 saturated heterocycles. The van der Waals surface area contributed by atoms with Gasteiger partial charge in [0.15, 0.2) is 0 Å². The van der Waals surface area contributed by atoms with Crippen LogP contribution < -0.4 is 5.32 Å². The minimum atomic E-state index is -4.29. The van der Waals surface area contributed by atoms with Crippen molar-refractivity contribution < 1.29 is 32.8 Å². The third kappa shape index (κ3) is 18.3. The zero-order valence-electron chi connectivity index (χ0n) is 24.4. The van der Waals surface area contributed by atoms with Crippen molar-refractivity contribution in [2.75, 3.05) is 13.2 Å². The van der Waals surface area contributed by atoms with Gasteiger partial charge in [-0.15, -0.1) is 0 Å². The average molecular weight is 570 g/mol. The second-order valence-electron chi connectivity index (χ2n) is 10.2. The van der Waals surface area contributed by atoms with Crippen LogP contribution in [0.25, 0.3) is 0 Å². The van der Waals surface area contributed by atoms with E-state index >= 15 is 0 Å². The summed E-state index contributed by atoms with van der Waals surface area (Å²) in [4.78, 5) is 34.7. The number of hydrogen-bond acceptors (Lipinski definition) is 6. The van der Waals surface area contributed by atoms with Gasteiger partial charge in [-0.25, -0.2) is 9.36 Å². The first-order valence-electron chi connectivity index (χ1n) is 14.9. The fraction of sp³-hybridized carbons (Fsp3) is 0.733. The smallest absolute Gasteiger partial charge is 0.456 e. The summed E-state index contributed by atoms with van der Waals surface area (Å²) in [6.45, 7) is 5.16. The van der Waals surface area contributed by atoms with E-state index in [2.05, 4.69) is 12.2 Å². The predicted molar refractivity (Wildman–Crippen MR) is 156 cm³/mol. The Hall–Kier alpha value is -1.73. The topological polar surface area (TPSA) is 111 Å². The number of phosphoric ester groups is 1. The van der Waals surface area contributed by atoms with Crippen molar-refractivity contribution in [1.29, 1.82) is 0 Å². The highest BCUT2D eigenvalue weighted by molar-refractivity contribution is 7.47. The lowest BCUT2D eigenvalue weighted by Crippen LogP contribution is -2.47. The highest BCUT2D eigenvalue weighted by Gasteiger charge is 2.30. The summed E-state index contributed by atoms with van der Waals surface area (Å²) < 4.78 is 28.1. The number of benzene rings is 1. The second-order valence-corrected chi connectivity index (χ2v) is 11.7. The van der Waals surface area contributed by atoms with Gasteiger partial charge in [-0.2, -0.15) is 0 Å². The summed E-state index contributed by atoms with van der Waals surface area (Å²) in [7, 11) is -4.29. The number of hydrogen-bond donors (Lipinski definition) is 2. The van der Waals surface area contributed by atoms with Gasteiger partial charge in [0.2, 0.25) is 5.91 Å². The van der Waals surface area contributed by atoms with Crippen molar-refractivity contribution in [2.24, 2.45) is 0 Å². The Bertz CT molecular complexity index is 821. The number of rotatable bonds is 24. The Balaban J connectivity index is 2.59. The molecule has 39 heavy (non-hydrogen) atoms. The molecule has 3 atom stereocenters. The Labute approximate surface area is 236 Å². The molecule has 1 rings (SSSR count). The molecular formula is C30H52NO7P. The average Bonchev–Trinajstić information content (AvgIpc) is 2.92. The molecule has 1 aromatic carbocycles. The number of unbranched alkanes of at least 4 members (excludes halogenated alkanes) is 12. The van der Waals surface area contributed by atoms with E-state index in [-0.39, 0.29) is 19.1 Å². The van der Waals surface area contributed by atoms with Gasteiger partial charge >= 0.3 is 13.8 Å². The van der Waals surface area contributed by atoms with Crippen LogP contribution in [-0.4, -0.2) is 42.1 Å².